The van der Waals surface area contributed by atoms with E-state index in [1.807, 2.05) is 18.2 Å². The highest BCUT2D eigenvalue weighted by atomic mass is 19.1. The molecule has 0 amide bonds. The lowest BCUT2D eigenvalue weighted by Gasteiger charge is -2.48. The van der Waals surface area contributed by atoms with E-state index in [0.29, 0.717) is 0 Å². The van der Waals surface area contributed by atoms with Gasteiger partial charge in [0.2, 0.25) is 0 Å². The Hall–Kier alpha value is -1.71. The number of benzene rings is 2. The average molecular weight is 355 g/mol. The van der Waals surface area contributed by atoms with Crippen molar-refractivity contribution >= 4 is 0 Å². The molecule has 0 atom stereocenters. The number of halogens is 1. The number of nitrogens with zero attached hydrogens (tertiary/aromatic N) is 1. The second kappa shape index (κ2) is 7.89. The fourth-order valence-corrected chi connectivity index (χ4v) is 4.22. The van der Waals surface area contributed by atoms with E-state index in [1.165, 1.54) is 17.7 Å². The molecule has 2 aromatic rings. The van der Waals surface area contributed by atoms with Gasteiger partial charge in [-0.2, -0.15) is 0 Å². The molecule has 1 N–H and O–H groups in total. The highest BCUT2D eigenvalue weighted by molar-refractivity contribution is 5.20. The van der Waals surface area contributed by atoms with Crippen LogP contribution in [0, 0.1) is 5.82 Å². The van der Waals surface area contributed by atoms with E-state index in [2.05, 4.69) is 43.3 Å². The third-order valence-corrected chi connectivity index (χ3v) is 6.23. The number of aryl methyl sites for hydroxylation is 1. The van der Waals surface area contributed by atoms with Gasteiger partial charge in [0.05, 0.1) is 5.60 Å². The molecular weight excluding hydrogens is 325 g/mol. The Morgan fingerprint density at radius 3 is 2.08 bits per heavy atom. The summed E-state index contributed by atoms with van der Waals surface area (Å²) in [5.74, 6) is -0.188. The van der Waals surface area contributed by atoms with Crippen molar-refractivity contribution in [2.45, 2.75) is 56.1 Å². The minimum atomic E-state index is -0.571. The van der Waals surface area contributed by atoms with Crippen LogP contribution < -0.4 is 0 Å². The van der Waals surface area contributed by atoms with Gasteiger partial charge >= 0.3 is 0 Å². The largest absolute Gasteiger partial charge is 0.390 e. The van der Waals surface area contributed by atoms with Gasteiger partial charge in [0.25, 0.3) is 0 Å². The normalized spacial score (nSPS) is 26.2. The molecule has 2 aromatic carbocycles. The molecule has 2 nitrogen and oxygen atoms in total. The second-order valence-electron chi connectivity index (χ2n) is 8.13. The Bertz CT molecular complexity index is 688. The summed E-state index contributed by atoms with van der Waals surface area (Å²) in [6.45, 7) is 0. The summed E-state index contributed by atoms with van der Waals surface area (Å²) in [5.41, 5.74) is 1.92. The Morgan fingerprint density at radius 1 is 0.885 bits per heavy atom. The van der Waals surface area contributed by atoms with Crippen molar-refractivity contribution < 1.29 is 9.50 Å². The molecule has 140 valence electrons. The Kier molecular flexibility index (Phi) is 5.79. The zero-order chi connectivity index (χ0) is 18.6. The van der Waals surface area contributed by atoms with Crippen LogP contribution in [0.5, 0.6) is 0 Å². The molecule has 0 saturated heterocycles. The highest BCUT2D eigenvalue weighted by Gasteiger charge is 2.42. The quantitative estimate of drug-likeness (QED) is 0.818. The molecule has 26 heavy (non-hydrogen) atoms. The molecule has 1 fully saturated rings. The highest BCUT2D eigenvalue weighted by Crippen LogP contribution is 2.41. The molecule has 3 rings (SSSR count). The van der Waals surface area contributed by atoms with Crippen molar-refractivity contribution in [1.82, 2.24) is 4.90 Å². The van der Waals surface area contributed by atoms with E-state index in [-0.39, 0.29) is 11.4 Å². The lowest BCUT2D eigenvalue weighted by molar-refractivity contribution is -0.0490. The van der Waals surface area contributed by atoms with Crippen LogP contribution in [0.15, 0.2) is 54.6 Å². The van der Waals surface area contributed by atoms with Crippen molar-refractivity contribution in [3.8, 4) is 0 Å². The van der Waals surface area contributed by atoms with Crippen LogP contribution in [0.25, 0.3) is 0 Å². The molecule has 0 radical (unpaired) electrons. The maximum atomic E-state index is 13.2. The molecule has 0 aromatic heterocycles. The Labute approximate surface area is 156 Å². The minimum Gasteiger partial charge on any atom is -0.390 e. The number of hydrogen-bond acceptors (Lipinski definition) is 2. The van der Waals surface area contributed by atoms with E-state index in [9.17, 15) is 9.50 Å². The number of hydrogen-bond donors (Lipinski definition) is 1. The predicted octanol–water partition coefficient (Wildman–Crippen LogP) is 4.61. The molecule has 3 heteroatoms. The smallest absolute Gasteiger partial charge is 0.123 e. The van der Waals surface area contributed by atoms with Gasteiger partial charge in [-0.3, -0.25) is 0 Å². The summed E-state index contributed by atoms with van der Waals surface area (Å²) in [6, 6.07) is 17.2. The molecule has 0 unspecified atom stereocenters. The van der Waals surface area contributed by atoms with Gasteiger partial charge in [-0.25, -0.2) is 4.39 Å². The van der Waals surface area contributed by atoms with Crippen molar-refractivity contribution in [3.05, 3.63) is 71.5 Å². The lowest BCUT2D eigenvalue weighted by Crippen LogP contribution is -2.52. The van der Waals surface area contributed by atoms with Gasteiger partial charge in [-0.15, -0.1) is 0 Å². The maximum absolute atomic E-state index is 13.2. The van der Waals surface area contributed by atoms with Crippen molar-refractivity contribution in [2.75, 3.05) is 14.1 Å². The molecule has 0 heterocycles. The van der Waals surface area contributed by atoms with E-state index in [4.69, 9.17) is 0 Å². The second-order valence-corrected chi connectivity index (χ2v) is 8.13. The summed E-state index contributed by atoms with van der Waals surface area (Å²) in [7, 11) is 4.25. The summed E-state index contributed by atoms with van der Waals surface area (Å²) >= 11 is 0. The summed E-state index contributed by atoms with van der Waals surface area (Å²) in [6.07, 6.45) is 6.19. The van der Waals surface area contributed by atoms with Crippen LogP contribution in [-0.4, -0.2) is 35.2 Å². The van der Waals surface area contributed by atoms with Crippen LogP contribution >= 0.6 is 0 Å². The van der Waals surface area contributed by atoms with Crippen molar-refractivity contribution in [3.63, 3.8) is 0 Å². The number of likely N-dealkylation sites (N-methyl/N-ethyl adjacent to an activating group) is 1. The van der Waals surface area contributed by atoms with Crippen LogP contribution in [0.3, 0.4) is 0 Å². The van der Waals surface area contributed by atoms with Crippen LogP contribution in [-0.2, 0) is 12.8 Å². The third-order valence-electron chi connectivity index (χ3n) is 6.23. The van der Waals surface area contributed by atoms with Gasteiger partial charge in [0.15, 0.2) is 0 Å². The summed E-state index contributed by atoms with van der Waals surface area (Å²) < 4.78 is 13.2. The molecule has 1 saturated carbocycles. The van der Waals surface area contributed by atoms with Gasteiger partial charge in [-0.05, 0) is 82.3 Å². The zero-order valence-corrected chi connectivity index (χ0v) is 15.9. The average Bonchev–Trinajstić information content (AvgIpc) is 2.65. The lowest BCUT2D eigenvalue weighted by atomic mass is 9.69. The van der Waals surface area contributed by atoms with Crippen molar-refractivity contribution in [1.29, 1.82) is 0 Å². The maximum Gasteiger partial charge on any atom is 0.123 e. The Morgan fingerprint density at radius 2 is 1.50 bits per heavy atom. The van der Waals surface area contributed by atoms with Crippen LogP contribution in [0.2, 0.25) is 0 Å². The molecule has 0 bridgehead atoms. The molecule has 0 aliphatic heterocycles. The van der Waals surface area contributed by atoms with Gasteiger partial charge in [0, 0.05) is 5.54 Å². The number of rotatable bonds is 6. The van der Waals surface area contributed by atoms with Crippen LogP contribution in [0.1, 0.15) is 43.2 Å². The first-order valence-electron chi connectivity index (χ1n) is 9.59. The van der Waals surface area contributed by atoms with Gasteiger partial charge in [0.1, 0.15) is 5.82 Å². The molecule has 1 aliphatic carbocycles. The minimum absolute atomic E-state index is 0.0385. The topological polar surface area (TPSA) is 23.5 Å². The predicted molar refractivity (Wildman–Crippen MR) is 105 cm³/mol. The monoisotopic (exact) mass is 355 g/mol. The summed E-state index contributed by atoms with van der Waals surface area (Å²) in [4.78, 5) is 2.30. The van der Waals surface area contributed by atoms with E-state index >= 15 is 0 Å². The van der Waals surface area contributed by atoms with E-state index in [0.717, 1.165) is 50.5 Å². The van der Waals surface area contributed by atoms with Crippen LogP contribution in [0.4, 0.5) is 4.39 Å². The van der Waals surface area contributed by atoms with E-state index < -0.39 is 5.60 Å². The first-order valence-corrected chi connectivity index (χ1v) is 9.59. The van der Waals surface area contributed by atoms with Crippen molar-refractivity contribution in [2.24, 2.45) is 0 Å². The molecular formula is C23H30FNO. The standard InChI is InChI=1S/C23H30FNO/c1-25(2)22(18-20-8-10-21(24)11-9-20)14-16-23(26,17-15-22)13-12-19-6-4-3-5-7-19/h3-11,26H,12-18H2,1-2H3. The summed E-state index contributed by atoms with van der Waals surface area (Å²) in [5, 5.41) is 11.1. The van der Waals surface area contributed by atoms with Gasteiger partial charge in [-0.1, -0.05) is 42.5 Å². The fraction of sp³-hybridized carbons (Fsp3) is 0.478. The molecule has 0 spiro atoms. The fourth-order valence-electron chi connectivity index (χ4n) is 4.22. The first kappa shape index (κ1) is 19.1. The SMILES string of the molecule is CN(C)C1(Cc2ccc(F)cc2)CCC(O)(CCc2ccccc2)CC1. The Balaban J connectivity index is 1.63. The van der Waals surface area contributed by atoms with E-state index in [1.54, 1.807) is 0 Å². The number of aliphatic hydroxyl groups is 1. The first-order chi connectivity index (χ1) is 12.4. The molecule has 1 aliphatic rings. The third kappa shape index (κ3) is 4.52. The zero-order valence-electron chi connectivity index (χ0n) is 15.9. The van der Waals surface area contributed by atoms with Gasteiger partial charge < -0.3 is 10.0 Å².